The number of nitrogens with zero attached hydrogens (tertiary/aromatic N) is 5. The number of aromatic nitrogens is 4. The highest BCUT2D eigenvalue weighted by Crippen LogP contribution is 2.34. The summed E-state index contributed by atoms with van der Waals surface area (Å²) in [5, 5.41) is 5.98. The van der Waals surface area contributed by atoms with Gasteiger partial charge in [0.2, 0.25) is 0 Å². The molecule has 5 rings (SSSR count). The maximum Gasteiger partial charge on any atom is 0.187 e. The van der Waals surface area contributed by atoms with E-state index in [-0.39, 0.29) is 0 Å². The van der Waals surface area contributed by atoms with E-state index in [2.05, 4.69) is 55.7 Å². The number of rotatable bonds is 6. The molecular formula is C25H21N7S. The average molecular weight is 452 g/mol. The van der Waals surface area contributed by atoms with Crippen molar-refractivity contribution in [1.29, 1.82) is 0 Å². The molecule has 3 N–H and O–H groups in total. The normalized spacial score (nSPS) is 10.9. The van der Waals surface area contributed by atoms with E-state index >= 15 is 0 Å². The number of hydrogen-bond donors (Lipinski definition) is 2. The first-order chi connectivity index (χ1) is 16.1. The summed E-state index contributed by atoms with van der Waals surface area (Å²) in [4.78, 5) is 17.4. The zero-order chi connectivity index (χ0) is 22.8. The van der Waals surface area contributed by atoms with Crippen LogP contribution in [0.4, 0.5) is 16.6 Å². The molecule has 162 valence electrons. The van der Waals surface area contributed by atoms with Gasteiger partial charge in [-0.1, -0.05) is 54.1 Å². The number of nitrogens with one attached hydrogen (secondary N) is 1. The summed E-state index contributed by atoms with van der Waals surface area (Å²) in [6.45, 7) is 9.98. The molecule has 0 saturated carbocycles. The van der Waals surface area contributed by atoms with Crippen LogP contribution in [0.1, 0.15) is 11.3 Å². The van der Waals surface area contributed by atoms with Crippen molar-refractivity contribution in [2.45, 2.75) is 13.3 Å². The highest BCUT2D eigenvalue weighted by Gasteiger charge is 2.18. The van der Waals surface area contributed by atoms with E-state index in [0.29, 0.717) is 23.2 Å². The monoisotopic (exact) mass is 451 g/mol. The Morgan fingerprint density at radius 3 is 2.52 bits per heavy atom. The first-order valence-corrected chi connectivity index (χ1v) is 11.4. The van der Waals surface area contributed by atoms with E-state index in [9.17, 15) is 0 Å². The lowest BCUT2D eigenvalue weighted by Gasteiger charge is -2.16. The number of thiazole rings is 1. The van der Waals surface area contributed by atoms with Gasteiger partial charge in [-0.3, -0.25) is 4.40 Å². The Labute approximate surface area is 195 Å². The second-order valence-corrected chi connectivity index (χ2v) is 8.55. The van der Waals surface area contributed by atoms with Gasteiger partial charge in [0, 0.05) is 36.3 Å². The Morgan fingerprint density at radius 2 is 1.82 bits per heavy atom. The van der Waals surface area contributed by atoms with E-state index in [1.54, 1.807) is 6.20 Å². The van der Waals surface area contributed by atoms with Crippen molar-refractivity contribution in [3.05, 3.63) is 89.0 Å². The highest BCUT2D eigenvalue weighted by molar-refractivity contribution is 7.13. The lowest BCUT2D eigenvalue weighted by Crippen LogP contribution is -2.10. The Kier molecular flexibility index (Phi) is 5.47. The van der Waals surface area contributed by atoms with Crippen molar-refractivity contribution in [2.75, 3.05) is 17.6 Å². The summed E-state index contributed by atoms with van der Waals surface area (Å²) in [5.41, 5.74) is 13.0. The third-order valence-corrected chi connectivity index (χ3v) is 6.10. The number of nitrogen functional groups attached to an aromatic ring is 1. The minimum absolute atomic E-state index is 0.575. The molecule has 33 heavy (non-hydrogen) atoms. The van der Waals surface area contributed by atoms with Gasteiger partial charge in [-0.25, -0.2) is 19.8 Å². The zero-order valence-electron chi connectivity index (χ0n) is 18.0. The number of benzene rings is 2. The van der Waals surface area contributed by atoms with E-state index in [1.807, 2.05) is 35.8 Å². The van der Waals surface area contributed by atoms with Crippen LogP contribution in [0, 0.1) is 13.5 Å². The zero-order valence-corrected chi connectivity index (χ0v) is 18.8. The molecule has 5 aromatic rings. The average Bonchev–Trinajstić information content (AvgIpc) is 3.49. The molecule has 0 atom stereocenters. The molecule has 2 aromatic carbocycles. The first-order valence-electron chi connectivity index (χ1n) is 10.5. The molecule has 0 bridgehead atoms. The van der Waals surface area contributed by atoms with Crippen LogP contribution in [0.2, 0.25) is 0 Å². The van der Waals surface area contributed by atoms with Gasteiger partial charge in [-0.2, -0.15) is 0 Å². The molecule has 0 amide bonds. The molecular weight excluding hydrogens is 430 g/mol. The van der Waals surface area contributed by atoms with Gasteiger partial charge in [-0.15, -0.1) is 11.3 Å². The molecule has 0 saturated heterocycles. The summed E-state index contributed by atoms with van der Waals surface area (Å²) >= 11 is 1.44. The molecule has 0 unspecified atom stereocenters. The molecule has 0 aliphatic carbocycles. The lowest BCUT2D eigenvalue weighted by molar-refractivity contribution is 0.967. The van der Waals surface area contributed by atoms with Crippen LogP contribution in [0.5, 0.6) is 0 Å². The fourth-order valence-corrected chi connectivity index (χ4v) is 4.33. The van der Waals surface area contributed by atoms with Gasteiger partial charge in [-0.05, 0) is 12.5 Å². The van der Waals surface area contributed by atoms with Crippen LogP contribution in [0.3, 0.4) is 0 Å². The second-order valence-electron chi connectivity index (χ2n) is 7.66. The van der Waals surface area contributed by atoms with Crippen LogP contribution >= 0.6 is 11.3 Å². The lowest BCUT2D eigenvalue weighted by atomic mass is 10.0. The van der Waals surface area contributed by atoms with E-state index in [1.165, 1.54) is 16.9 Å². The van der Waals surface area contributed by atoms with Crippen molar-refractivity contribution in [1.82, 2.24) is 19.4 Å². The van der Waals surface area contributed by atoms with Crippen LogP contribution in [-0.2, 0) is 6.42 Å². The summed E-state index contributed by atoms with van der Waals surface area (Å²) in [6, 6.07) is 15.9. The molecule has 0 fully saturated rings. The number of imidazole rings is 1. The third-order valence-electron chi connectivity index (χ3n) is 5.38. The number of fused-ring (bicyclic) bond motifs is 1. The summed E-state index contributed by atoms with van der Waals surface area (Å²) < 4.78 is 2.07. The predicted octanol–water partition coefficient (Wildman–Crippen LogP) is 5.62. The standard InChI is InChI=1S/C25H21N7S/c1-16-3-5-18(6-4-16)22-21(17-7-9-19(27-2)10-8-17)31-23(24-29-13-14-32(22)24)28-12-11-20-15-33-25(26)30-20/h3-10,13-15H,11-12H2,1H3,(H2,26,30)(H,28,31). The topological polar surface area (TPSA) is 85.5 Å². The van der Waals surface area contributed by atoms with Crippen molar-refractivity contribution in [3.63, 3.8) is 0 Å². The van der Waals surface area contributed by atoms with E-state index in [4.69, 9.17) is 17.3 Å². The molecule has 0 spiro atoms. The SMILES string of the molecule is [C-]#[N+]c1ccc(-c2nc(NCCc3csc(N)n3)c3nccn3c2-c2ccc(C)cc2)cc1. The summed E-state index contributed by atoms with van der Waals surface area (Å²) in [5.74, 6) is 0.698. The van der Waals surface area contributed by atoms with Crippen molar-refractivity contribution < 1.29 is 0 Å². The maximum absolute atomic E-state index is 7.26. The predicted molar refractivity (Wildman–Crippen MR) is 134 cm³/mol. The van der Waals surface area contributed by atoms with E-state index < -0.39 is 0 Å². The largest absolute Gasteiger partial charge is 0.375 e. The van der Waals surface area contributed by atoms with Gasteiger partial charge >= 0.3 is 0 Å². The number of aryl methyl sites for hydroxylation is 1. The third kappa shape index (κ3) is 4.14. The Bertz CT molecular complexity index is 1460. The van der Waals surface area contributed by atoms with Crippen molar-refractivity contribution in [3.8, 4) is 22.5 Å². The quantitative estimate of drug-likeness (QED) is 0.328. The van der Waals surface area contributed by atoms with Crippen LogP contribution in [0.25, 0.3) is 33.0 Å². The smallest absolute Gasteiger partial charge is 0.187 e. The highest BCUT2D eigenvalue weighted by atomic mass is 32.1. The fraction of sp³-hybridized carbons (Fsp3) is 0.120. The molecule has 3 aromatic heterocycles. The second kappa shape index (κ2) is 8.73. The van der Waals surface area contributed by atoms with Crippen LogP contribution in [-0.4, -0.2) is 25.9 Å². The minimum Gasteiger partial charge on any atom is -0.375 e. The maximum atomic E-state index is 7.26. The van der Waals surface area contributed by atoms with Gasteiger partial charge in [0.05, 0.1) is 23.7 Å². The van der Waals surface area contributed by atoms with Crippen LogP contribution < -0.4 is 11.1 Å². The number of anilines is 2. The fourth-order valence-electron chi connectivity index (χ4n) is 3.74. The van der Waals surface area contributed by atoms with Gasteiger partial charge < -0.3 is 11.1 Å². The van der Waals surface area contributed by atoms with Gasteiger partial charge in [0.25, 0.3) is 0 Å². The van der Waals surface area contributed by atoms with Crippen molar-refractivity contribution >= 4 is 33.6 Å². The molecule has 0 aliphatic rings. The van der Waals surface area contributed by atoms with Crippen LogP contribution in [0.15, 0.2) is 66.3 Å². The molecule has 0 aliphatic heterocycles. The van der Waals surface area contributed by atoms with Crippen molar-refractivity contribution in [2.24, 2.45) is 0 Å². The molecule has 8 heteroatoms. The molecule has 0 radical (unpaired) electrons. The Morgan fingerprint density at radius 1 is 1.06 bits per heavy atom. The Balaban J connectivity index is 1.61. The molecule has 3 heterocycles. The molecule has 7 nitrogen and oxygen atoms in total. The van der Waals surface area contributed by atoms with Gasteiger partial charge in [0.1, 0.15) is 0 Å². The number of hydrogen-bond acceptors (Lipinski definition) is 6. The first kappa shape index (κ1) is 20.7. The summed E-state index contributed by atoms with van der Waals surface area (Å²) in [7, 11) is 0. The summed E-state index contributed by atoms with van der Waals surface area (Å²) in [6.07, 6.45) is 4.47. The number of nitrogens with two attached hydrogens (primary N) is 1. The van der Waals surface area contributed by atoms with E-state index in [0.717, 1.165) is 40.3 Å². The van der Waals surface area contributed by atoms with Gasteiger partial charge in [0.15, 0.2) is 22.3 Å². The Hall–Kier alpha value is -4.22. The minimum atomic E-state index is 0.575.